The zero-order valence-corrected chi connectivity index (χ0v) is 16.0. The quantitative estimate of drug-likeness (QED) is 0.775. The van der Waals surface area contributed by atoms with Crippen molar-refractivity contribution in [3.05, 3.63) is 29.8 Å². The van der Waals surface area contributed by atoms with Gasteiger partial charge in [0, 0.05) is 37.3 Å². The topological polar surface area (TPSA) is 82.1 Å². The van der Waals surface area contributed by atoms with Gasteiger partial charge in [-0.1, -0.05) is 12.1 Å². The molecular weight excluding hydrogens is 364 g/mol. The van der Waals surface area contributed by atoms with E-state index in [0.29, 0.717) is 30.0 Å². The molecule has 7 nitrogen and oxygen atoms in total. The van der Waals surface area contributed by atoms with Gasteiger partial charge in [0.15, 0.2) is 5.84 Å². The summed E-state index contributed by atoms with van der Waals surface area (Å²) in [5.41, 5.74) is 0.619. The molecule has 3 unspecified atom stereocenters. The Morgan fingerprint density at radius 1 is 1.07 bits per heavy atom. The van der Waals surface area contributed by atoms with E-state index in [1.54, 1.807) is 18.2 Å². The highest BCUT2D eigenvalue weighted by atomic mass is 32.2. The van der Waals surface area contributed by atoms with Crippen molar-refractivity contribution in [2.75, 3.05) is 19.6 Å². The van der Waals surface area contributed by atoms with E-state index in [0.717, 1.165) is 38.8 Å². The van der Waals surface area contributed by atoms with Gasteiger partial charge in [-0.25, -0.2) is 0 Å². The molecule has 4 aliphatic heterocycles. The highest BCUT2D eigenvalue weighted by Gasteiger charge is 2.41. The standard InChI is InChI=1S/C19H24N4O3S/c24-19(22-11-9-13-7-8-14(12-22)20-13)16-5-3-10-23(16)18-15-4-1-2-6-17(15)27(25,26)21-18/h1-2,4,6,13-14,16,20H,3,5,7-12H2. The number of carbonyl (C=O) groups excluding carboxylic acids is 1. The summed E-state index contributed by atoms with van der Waals surface area (Å²) >= 11 is 0. The molecule has 4 aliphatic rings. The summed E-state index contributed by atoms with van der Waals surface area (Å²) in [6.07, 6.45) is 4.94. The minimum atomic E-state index is -3.67. The molecule has 3 atom stereocenters. The third kappa shape index (κ3) is 2.86. The van der Waals surface area contributed by atoms with Crippen molar-refractivity contribution in [2.24, 2.45) is 4.40 Å². The number of likely N-dealkylation sites (tertiary alicyclic amines) is 2. The van der Waals surface area contributed by atoms with Gasteiger partial charge in [-0.15, -0.1) is 4.40 Å². The number of amidine groups is 1. The maximum atomic E-state index is 13.3. The number of hydrogen-bond donors (Lipinski definition) is 1. The van der Waals surface area contributed by atoms with Crippen LogP contribution < -0.4 is 5.32 Å². The lowest BCUT2D eigenvalue weighted by molar-refractivity contribution is -0.135. The van der Waals surface area contributed by atoms with Crippen molar-refractivity contribution in [1.29, 1.82) is 0 Å². The molecule has 0 aromatic heterocycles. The molecule has 0 spiro atoms. The Balaban J connectivity index is 1.42. The van der Waals surface area contributed by atoms with Gasteiger partial charge < -0.3 is 15.1 Å². The monoisotopic (exact) mass is 388 g/mol. The molecule has 0 aliphatic carbocycles. The molecule has 3 fully saturated rings. The van der Waals surface area contributed by atoms with E-state index in [2.05, 4.69) is 9.71 Å². The summed E-state index contributed by atoms with van der Waals surface area (Å²) in [5.74, 6) is 0.558. The van der Waals surface area contributed by atoms with Crippen LogP contribution >= 0.6 is 0 Å². The lowest BCUT2D eigenvalue weighted by atomic mass is 10.1. The van der Waals surface area contributed by atoms with Crippen molar-refractivity contribution in [3.63, 3.8) is 0 Å². The van der Waals surface area contributed by atoms with Gasteiger partial charge in [-0.2, -0.15) is 8.42 Å². The molecule has 27 heavy (non-hydrogen) atoms. The van der Waals surface area contributed by atoms with Crippen LogP contribution in [0, 0.1) is 0 Å². The maximum Gasteiger partial charge on any atom is 0.285 e. The SMILES string of the molecule is O=C(C1CCCN1C1=NS(=O)(=O)c2ccccc21)N1CCC2CCC(C1)N2. The number of benzene rings is 1. The van der Waals surface area contributed by atoms with Crippen LogP contribution in [0.3, 0.4) is 0 Å². The average molecular weight is 388 g/mol. The first kappa shape index (κ1) is 17.2. The Hall–Kier alpha value is -1.93. The van der Waals surface area contributed by atoms with Crippen LogP contribution in [0.2, 0.25) is 0 Å². The number of carbonyl (C=O) groups is 1. The van der Waals surface area contributed by atoms with Gasteiger partial charge in [0.2, 0.25) is 5.91 Å². The lowest BCUT2D eigenvalue weighted by Crippen LogP contribution is -2.50. The summed E-state index contributed by atoms with van der Waals surface area (Å²) < 4.78 is 28.9. The van der Waals surface area contributed by atoms with E-state index in [-0.39, 0.29) is 16.8 Å². The second-order valence-electron chi connectivity index (χ2n) is 7.95. The Morgan fingerprint density at radius 3 is 2.78 bits per heavy atom. The van der Waals surface area contributed by atoms with Crippen LogP contribution in [-0.4, -0.2) is 67.7 Å². The Labute approximate surface area is 159 Å². The fourth-order valence-electron chi connectivity index (χ4n) is 4.93. The van der Waals surface area contributed by atoms with E-state index >= 15 is 0 Å². The van der Waals surface area contributed by atoms with E-state index in [9.17, 15) is 13.2 Å². The lowest BCUT2D eigenvalue weighted by Gasteiger charge is -2.32. The number of nitrogens with zero attached hydrogens (tertiary/aromatic N) is 3. The highest BCUT2D eigenvalue weighted by molar-refractivity contribution is 7.90. The molecule has 1 amide bonds. The van der Waals surface area contributed by atoms with Crippen molar-refractivity contribution < 1.29 is 13.2 Å². The van der Waals surface area contributed by atoms with Crippen LogP contribution in [0.15, 0.2) is 33.6 Å². The van der Waals surface area contributed by atoms with E-state index in [1.165, 1.54) is 6.42 Å². The third-order valence-electron chi connectivity index (χ3n) is 6.26. The number of sulfonamides is 1. The molecule has 144 valence electrons. The zero-order chi connectivity index (χ0) is 18.6. The first-order valence-electron chi connectivity index (χ1n) is 9.79. The molecule has 1 aromatic carbocycles. The van der Waals surface area contributed by atoms with E-state index in [1.807, 2.05) is 15.9 Å². The van der Waals surface area contributed by atoms with Crippen LogP contribution in [-0.2, 0) is 14.8 Å². The molecule has 2 bridgehead atoms. The van der Waals surface area contributed by atoms with Gasteiger partial charge in [-0.05, 0) is 44.2 Å². The van der Waals surface area contributed by atoms with Crippen LogP contribution in [0.25, 0.3) is 0 Å². The molecule has 8 heteroatoms. The van der Waals surface area contributed by atoms with Crippen LogP contribution in [0.4, 0.5) is 0 Å². The predicted octanol–water partition coefficient (Wildman–Crippen LogP) is 0.953. The summed E-state index contributed by atoms with van der Waals surface area (Å²) in [5, 5.41) is 3.61. The molecule has 0 radical (unpaired) electrons. The molecule has 0 saturated carbocycles. The minimum Gasteiger partial charge on any atom is -0.343 e. The smallest absolute Gasteiger partial charge is 0.285 e. The normalized spacial score (nSPS) is 31.6. The van der Waals surface area contributed by atoms with Crippen molar-refractivity contribution in [3.8, 4) is 0 Å². The fraction of sp³-hybridized carbons (Fsp3) is 0.579. The molecular formula is C19H24N4O3S. The van der Waals surface area contributed by atoms with Gasteiger partial charge in [0.1, 0.15) is 10.9 Å². The molecule has 1 N–H and O–H groups in total. The van der Waals surface area contributed by atoms with Gasteiger partial charge in [0.05, 0.1) is 0 Å². The first-order valence-corrected chi connectivity index (χ1v) is 11.2. The van der Waals surface area contributed by atoms with Crippen molar-refractivity contribution >= 4 is 21.8 Å². The minimum absolute atomic E-state index is 0.117. The van der Waals surface area contributed by atoms with Gasteiger partial charge >= 0.3 is 0 Å². The van der Waals surface area contributed by atoms with Crippen molar-refractivity contribution in [2.45, 2.75) is 55.1 Å². The summed E-state index contributed by atoms with van der Waals surface area (Å²) in [4.78, 5) is 17.5. The third-order valence-corrected chi connectivity index (χ3v) is 7.58. The van der Waals surface area contributed by atoms with Crippen LogP contribution in [0.1, 0.15) is 37.7 Å². The number of fused-ring (bicyclic) bond motifs is 3. The molecule has 3 saturated heterocycles. The zero-order valence-electron chi connectivity index (χ0n) is 15.2. The number of nitrogens with one attached hydrogen (secondary N) is 1. The fourth-order valence-corrected chi connectivity index (χ4v) is 6.14. The molecule has 4 heterocycles. The van der Waals surface area contributed by atoms with E-state index in [4.69, 9.17) is 0 Å². The number of amides is 1. The second kappa shape index (κ2) is 6.31. The number of hydrogen-bond acceptors (Lipinski definition) is 5. The van der Waals surface area contributed by atoms with Gasteiger partial charge in [-0.3, -0.25) is 4.79 Å². The number of rotatable bonds is 1. The first-order chi connectivity index (χ1) is 13.0. The summed E-state index contributed by atoms with van der Waals surface area (Å²) in [6.45, 7) is 2.19. The molecule has 5 rings (SSSR count). The van der Waals surface area contributed by atoms with Crippen molar-refractivity contribution in [1.82, 2.24) is 15.1 Å². The molecule has 1 aromatic rings. The summed E-state index contributed by atoms with van der Waals surface area (Å²) in [6, 6.07) is 7.50. The van der Waals surface area contributed by atoms with Crippen LogP contribution in [0.5, 0.6) is 0 Å². The predicted molar refractivity (Wildman–Crippen MR) is 101 cm³/mol. The average Bonchev–Trinajstić information content (AvgIpc) is 3.31. The summed E-state index contributed by atoms with van der Waals surface area (Å²) in [7, 11) is -3.67. The Bertz CT molecular complexity index is 913. The largest absolute Gasteiger partial charge is 0.343 e. The van der Waals surface area contributed by atoms with Gasteiger partial charge in [0.25, 0.3) is 10.0 Å². The maximum absolute atomic E-state index is 13.3. The van der Waals surface area contributed by atoms with E-state index < -0.39 is 10.0 Å². The second-order valence-corrected chi connectivity index (χ2v) is 9.52. The highest BCUT2D eigenvalue weighted by Crippen LogP contribution is 2.32. The Morgan fingerprint density at radius 2 is 1.89 bits per heavy atom. The Kier molecular flexibility index (Phi) is 4.01.